The van der Waals surface area contributed by atoms with Crippen molar-refractivity contribution in [2.24, 2.45) is 0 Å². The van der Waals surface area contributed by atoms with Gasteiger partial charge < -0.3 is 13.7 Å². The van der Waals surface area contributed by atoms with Gasteiger partial charge in [0.2, 0.25) is 0 Å². The van der Waals surface area contributed by atoms with Crippen LogP contribution in [0.25, 0.3) is 108 Å². The van der Waals surface area contributed by atoms with Gasteiger partial charge in [-0.3, -0.25) is 0 Å². The number of benzene rings is 11. The first-order valence-electron chi connectivity index (χ1n) is 32.2. The van der Waals surface area contributed by atoms with Crippen molar-refractivity contribution >= 4 is 0 Å². The molecule has 0 N–H and O–H groups in total. The second kappa shape index (κ2) is 32.7. The van der Waals surface area contributed by atoms with Crippen molar-refractivity contribution in [3.8, 4) is 108 Å². The molecule has 0 aliphatic heterocycles. The van der Waals surface area contributed by atoms with Crippen molar-refractivity contribution in [2.45, 2.75) is 86.5 Å². The topological polar surface area (TPSA) is 92.1 Å². The zero-order valence-corrected chi connectivity index (χ0v) is 63.3. The predicted octanol–water partition coefficient (Wildman–Crippen LogP) is 21.0. The number of rotatable bonds is 13. The molecule has 491 valence electrons. The van der Waals surface area contributed by atoms with Crippen LogP contribution in [0.2, 0.25) is 0 Å². The van der Waals surface area contributed by atoms with Crippen molar-refractivity contribution in [3.63, 3.8) is 0 Å². The molecule has 0 unspecified atom stereocenters. The number of hydrogen-bond donors (Lipinski definition) is 0. The van der Waals surface area contributed by atoms with E-state index in [0.717, 1.165) is 102 Å². The predicted molar refractivity (Wildman–Crippen MR) is 385 cm³/mol. The van der Waals surface area contributed by atoms with Crippen LogP contribution >= 0.6 is 0 Å². The standard InChI is InChI=1S/C30H26N3.C28H22N3.C27H28N3.3Ir/c1-30(2,3)24-18-20-25(21-19-24)33-28(23-14-8-5-9-15-23)31-32-29(33)27-17-11-10-16-26(27)22-12-6-4-7-13-22;1-20-17-21(2)19-24(18-20)31-27(23-13-7-4-8-14-23)29-30-28(31)26-16-10-9-15-25(26)22-11-5-3-6-12-22;1-18(2)22-16-11-17-23(19(3)4)25(22)30-26(21-13-7-6-8-14-21)28-29-27(30)24-15-10-9-12-20(24)5;;;/h4-14,16-21H,1-3H3;3-13,15-19H,1-2H3;6-13,15-19H,1-5H3;;;/q3*-1;;;. The minimum absolute atomic E-state index is 0. The first-order chi connectivity index (χ1) is 45.7. The maximum absolute atomic E-state index is 4.69. The third-order valence-corrected chi connectivity index (χ3v) is 16.8. The molecule has 0 fully saturated rings. The van der Waals surface area contributed by atoms with E-state index in [-0.39, 0.29) is 65.7 Å². The van der Waals surface area contributed by atoms with Crippen LogP contribution in [0.3, 0.4) is 0 Å². The molecular weight excluding hydrogens is 1720 g/mol. The Bertz CT molecular complexity index is 4800. The third kappa shape index (κ3) is 16.1. The van der Waals surface area contributed by atoms with Crippen LogP contribution in [-0.4, -0.2) is 44.3 Å². The Labute approximate surface area is 612 Å². The third-order valence-electron chi connectivity index (χ3n) is 16.8. The largest absolute Gasteiger partial charge is 0.316 e. The molecule has 14 rings (SSSR count). The van der Waals surface area contributed by atoms with Crippen LogP contribution in [0, 0.1) is 39.0 Å². The number of hydrogen-bond acceptors (Lipinski definition) is 6. The molecular formula is C85H76Ir3N9-3. The molecule has 12 heteroatoms. The molecule has 11 aromatic carbocycles. The summed E-state index contributed by atoms with van der Waals surface area (Å²) >= 11 is 0. The zero-order valence-electron chi connectivity index (χ0n) is 56.1. The summed E-state index contributed by atoms with van der Waals surface area (Å²) in [6.45, 7) is 22.0. The molecule has 0 saturated heterocycles. The minimum Gasteiger partial charge on any atom is -0.316 e. The molecule has 0 atom stereocenters. The monoisotopic (exact) mass is 1800 g/mol. The summed E-state index contributed by atoms with van der Waals surface area (Å²) in [6, 6.07) is 102. The molecule has 97 heavy (non-hydrogen) atoms. The van der Waals surface area contributed by atoms with Gasteiger partial charge >= 0.3 is 0 Å². The van der Waals surface area contributed by atoms with Crippen LogP contribution < -0.4 is 0 Å². The SMILES string of the molecule is CC(C)(C)c1ccc(-n2c(-c3[c-]cccc3)nnc2-c2ccccc2-c2ccccc2)cc1.Cc1cc(C)cc(-n2c(-c3[c-]cccc3)nnc2-c2ccccc2-c2ccccc2)c1.Cc1ccccc1-c1nnc(-c2[c-]cccc2)n1-c1c(C(C)C)cccc1C(C)C.[Ir].[Ir].[Ir]. The number of aryl methyl sites for hydroxylation is 3. The summed E-state index contributed by atoms with van der Waals surface area (Å²) < 4.78 is 6.53. The fraction of sp³-hybridized carbons (Fsp3) is 0.153. The van der Waals surface area contributed by atoms with Crippen molar-refractivity contribution in [3.05, 3.63) is 318 Å². The van der Waals surface area contributed by atoms with E-state index in [4.69, 9.17) is 5.10 Å². The molecule has 0 bridgehead atoms. The quantitative estimate of drug-likeness (QED) is 0.107. The Balaban J connectivity index is 0.000000168. The number of aromatic nitrogens is 9. The maximum Gasteiger partial charge on any atom is 0.160 e. The summed E-state index contributed by atoms with van der Waals surface area (Å²) in [5, 5.41) is 28.0. The molecule has 3 radical (unpaired) electrons. The summed E-state index contributed by atoms with van der Waals surface area (Å²) in [7, 11) is 0. The second-order valence-electron chi connectivity index (χ2n) is 25.3. The average Bonchev–Trinajstić information content (AvgIpc) is 1.69. The van der Waals surface area contributed by atoms with Gasteiger partial charge in [-0.1, -0.05) is 218 Å². The number of para-hydroxylation sites is 1. The summed E-state index contributed by atoms with van der Waals surface area (Å²) in [4.78, 5) is 0. The maximum atomic E-state index is 4.69. The Hall–Kier alpha value is -9.21. The van der Waals surface area contributed by atoms with Crippen molar-refractivity contribution in [1.82, 2.24) is 44.3 Å². The van der Waals surface area contributed by atoms with E-state index in [9.17, 15) is 0 Å². The van der Waals surface area contributed by atoms with E-state index in [0.29, 0.717) is 11.8 Å². The van der Waals surface area contributed by atoms with Gasteiger partial charge in [0.05, 0.1) is 17.5 Å². The van der Waals surface area contributed by atoms with Crippen molar-refractivity contribution < 1.29 is 60.3 Å². The fourth-order valence-electron chi connectivity index (χ4n) is 12.1. The zero-order chi connectivity index (χ0) is 65.3. The molecule has 0 amide bonds. The minimum atomic E-state index is 0. The van der Waals surface area contributed by atoms with Crippen molar-refractivity contribution in [1.29, 1.82) is 0 Å². The summed E-state index contributed by atoms with van der Waals surface area (Å²) in [6.07, 6.45) is 0. The van der Waals surface area contributed by atoms with Crippen LogP contribution in [0.5, 0.6) is 0 Å². The summed E-state index contributed by atoms with van der Waals surface area (Å²) in [5.41, 5.74) is 21.3. The van der Waals surface area contributed by atoms with Gasteiger partial charge in [-0.15, -0.1) is 123 Å². The fourth-order valence-corrected chi connectivity index (χ4v) is 12.1. The molecule has 3 heterocycles. The van der Waals surface area contributed by atoms with Gasteiger partial charge in [0.1, 0.15) is 0 Å². The first kappa shape index (κ1) is 72.1. The first-order valence-corrected chi connectivity index (χ1v) is 32.2. The van der Waals surface area contributed by atoms with Crippen LogP contribution in [0.15, 0.2) is 267 Å². The van der Waals surface area contributed by atoms with E-state index in [2.05, 4.69) is 315 Å². The van der Waals surface area contributed by atoms with Crippen LogP contribution in [-0.2, 0) is 65.7 Å². The van der Waals surface area contributed by atoms with Gasteiger partial charge in [0, 0.05) is 94.1 Å². The Kier molecular flexibility index (Phi) is 24.3. The van der Waals surface area contributed by atoms with Crippen LogP contribution in [0.1, 0.15) is 93.7 Å². The normalized spacial score (nSPS) is 10.9. The van der Waals surface area contributed by atoms with E-state index in [1.807, 2.05) is 78.9 Å². The molecule has 14 aromatic rings. The molecule has 3 aromatic heterocycles. The summed E-state index contributed by atoms with van der Waals surface area (Å²) in [5.74, 6) is 5.62. The van der Waals surface area contributed by atoms with Gasteiger partial charge in [0.15, 0.2) is 17.5 Å². The Morgan fingerprint density at radius 1 is 0.320 bits per heavy atom. The van der Waals surface area contributed by atoms with Gasteiger partial charge in [-0.25, -0.2) is 0 Å². The Morgan fingerprint density at radius 2 is 0.670 bits per heavy atom. The smallest absolute Gasteiger partial charge is 0.160 e. The molecule has 0 saturated carbocycles. The van der Waals surface area contributed by atoms with Gasteiger partial charge in [-0.2, -0.15) is 15.3 Å². The average molecular weight is 1800 g/mol. The molecule has 0 aliphatic carbocycles. The van der Waals surface area contributed by atoms with Gasteiger partial charge in [0.25, 0.3) is 0 Å². The number of nitrogens with zero attached hydrogens (tertiary/aromatic N) is 9. The molecule has 0 spiro atoms. The van der Waals surface area contributed by atoms with Crippen molar-refractivity contribution in [2.75, 3.05) is 0 Å². The van der Waals surface area contributed by atoms with E-state index < -0.39 is 0 Å². The molecule has 0 aliphatic rings. The van der Waals surface area contributed by atoms with Crippen LogP contribution in [0.4, 0.5) is 0 Å². The Morgan fingerprint density at radius 3 is 1.06 bits per heavy atom. The second-order valence-corrected chi connectivity index (χ2v) is 25.3. The van der Waals surface area contributed by atoms with Gasteiger partial charge in [-0.05, 0) is 118 Å². The van der Waals surface area contributed by atoms with E-state index in [1.165, 1.54) is 39.1 Å². The molecule has 9 nitrogen and oxygen atoms in total. The van der Waals surface area contributed by atoms with E-state index >= 15 is 0 Å². The van der Waals surface area contributed by atoms with E-state index in [1.54, 1.807) is 0 Å².